The highest BCUT2D eigenvalue weighted by Crippen LogP contribution is 2.22. The van der Waals surface area contributed by atoms with E-state index in [2.05, 4.69) is 18.2 Å². The van der Waals surface area contributed by atoms with Crippen molar-refractivity contribution in [3.05, 3.63) is 77.9 Å². The lowest BCUT2D eigenvalue weighted by Gasteiger charge is -2.32. The summed E-state index contributed by atoms with van der Waals surface area (Å²) >= 11 is 0. The fourth-order valence-corrected chi connectivity index (χ4v) is 4.68. The third kappa shape index (κ3) is 12.5. The third-order valence-electron chi connectivity index (χ3n) is 7.15. The van der Waals surface area contributed by atoms with Crippen molar-refractivity contribution in [3.63, 3.8) is 0 Å². The summed E-state index contributed by atoms with van der Waals surface area (Å²) in [6.45, 7) is 2.41. The Morgan fingerprint density at radius 1 is 0.744 bits per heavy atom. The molecule has 0 aliphatic heterocycles. The molecule has 0 bridgehead atoms. The van der Waals surface area contributed by atoms with Crippen LogP contribution in [-0.2, 0) is 14.3 Å². The molecule has 0 radical (unpaired) electrons. The van der Waals surface area contributed by atoms with Crippen LogP contribution in [-0.4, -0.2) is 62.8 Å². The number of allylic oxidation sites excluding steroid dienone is 3. The molecule has 2 aromatic carbocycles. The van der Waals surface area contributed by atoms with Crippen LogP contribution in [0.1, 0.15) is 75.1 Å². The molecule has 232 valence electrons. The van der Waals surface area contributed by atoms with E-state index in [0.29, 0.717) is 41.2 Å². The topological polar surface area (TPSA) is 88.1 Å². The number of hydrogen-bond acceptors (Lipinski definition) is 7. The van der Waals surface area contributed by atoms with Crippen molar-refractivity contribution >= 4 is 17.9 Å². The zero-order valence-corrected chi connectivity index (χ0v) is 26.0. The third-order valence-corrected chi connectivity index (χ3v) is 7.15. The normalized spacial score (nSPS) is 13.5. The minimum absolute atomic E-state index is 0.108. The van der Waals surface area contributed by atoms with Crippen LogP contribution in [0.3, 0.4) is 0 Å². The molecule has 0 spiro atoms. The van der Waals surface area contributed by atoms with Gasteiger partial charge in [0.2, 0.25) is 0 Å². The molecule has 8 heteroatoms. The quantitative estimate of drug-likeness (QED) is 0.0861. The van der Waals surface area contributed by atoms with Crippen molar-refractivity contribution in [2.45, 2.75) is 70.8 Å². The van der Waals surface area contributed by atoms with Crippen LogP contribution in [0.15, 0.2) is 72.3 Å². The lowest BCUT2D eigenvalue weighted by Crippen LogP contribution is -2.50. The van der Waals surface area contributed by atoms with Crippen molar-refractivity contribution in [2.75, 3.05) is 34.4 Å². The van der Waals surface area contributed by atoms with Crippen LogP contribution in [0.4, 0.5) is 0 Å². The smallest absolute Gasteiger partial charge is 0.365 e. The minimum atomic E-state index is -0.500. The molecule has 8 nitrogen and oxygen atoms in total. The fraction of sp³-hybridized carbons (Fsp3) is 0.457. The van der Waals surface area contributed by atoms with E-state index in [4.69, 9.17) is 18.9 Å². The summed E-state index contributed by atoms with van der Waals surface area (Å²) in [6, 6.07) is 12.9. The Labute approximate surface area is 255 Å². The molecule has 1 aliphatic carbocycles. The number of benzene rings is 2. The predicted molar refractivity (Wildman–Crippen MR) is 166 cm³/mol. The molecule has 0 aromatic heterocycles. The SMILES string of the molecule is CC(=O)Oc1ccc(C(=O)Oc2ccc(OCCCCCCCCOC(=O)C(CC3=CCCC=C3)[N+](C)(C)C)cc2)cc1. The van der Waals surface area contributed by atoms with Gasteiger partial charge in [-0.2, -0.15) is 0 Å². The molecule has 0 amide bonds. The van der Waals surface area contributed by atoms with Gasteiger partial charge in [0, 0.05) is 13.3 Å². The van der Waals surface area contributed by atoms with E-state index in [-0.39, 0.29) is 12.0 Å². The Morgan fingerprint density at radius 3 is 1.93 bits per heavy atom. The standard InChI is InChI=1S/C35H46NO7/c1-27(37)42-31-18-16-29(17-19-31)34(38)43-32-22-20-30(21-23-32)40-24-12-7-5-6-8-13-25-41-35(39)33(36(2,3)4)26-28-14-10-9-11-15-28/h10,14-23,33H,5-9,11-13,24-26H2,1-4H3/q+1. The molecule has 1 unspecified atom stereocenters. The van der Waals surface area contributed by atoms with Gasteiger partial charge in [0.15, 0.2) is 6.04 Å². The largest absolute Gasteiger partial charge is 0.494 e. The zero-order chi connectivity index (χ0) is 31.1. The molecular formula is C35H46NO7+. The first kappa shape index (κ1) is 33.6. The zero-order valence-electron chi connectivity index (χ0n) is 26.0. The van der Waals surface area contributed by atoms with Gasteiger partial charge in [-0.3, -0.25) is 4.79 Å². The van der Waals surface area contributed by atoms with Crippen LogP contribution < -0.4 is 14.2 Å². The van der Waals surface area contributed by atoms with Gasteiger partial charge in [-0.15, -0.1) is 0 Å². The summed E-state index contributed by atoms with van der Waals surface area (Å²) in [6.07, 6.45) is 15.5. The molecule has 0 saturated carbocycles. The molecule has 0 heterocycles. The van der Waals surface area contributed by atoms with Crippen LogP contribution in [0.5, 0.6) is 17.2 Å². The monoisotopic (exact) mass is 592 g/mol. The second-order valence-electron chi connectivity index (χ2n) is 11.7. The highest BCUT2D eigenvalue weighted by Gasteiger charge is 2.33. The van der Waals surface area contributed by atoms with Gasteiger partial charge in [0.25, 0.3) is 0 Å². The van der Waals surface area contributed by atoms with Gasteiger partial charge in [-0.1, -0.05) is 43.9 Å². The van der Waals surface area contributed by atoms with Gasteiger partial charge < -0.3 is 23.4 Å². The van der Waals surface area contributed by atoms with Crippen LogP contribution in [0.25, 0.3) is 0 Å². The first-order valence-electron chi connectivity index (χ1n) is 15.2. The van der Waals surface area contributed by atoms with Crippen LogP contribution in [0.2, 0.25) is 0 Å². The maximum absolute atomic E-state index is 12.8. The number of esters is 3. The van der Waals surface area contributed by atoms with Crippen molar-refractivity contribution in [3.8, 4) is 17.2 Å². The first-order chi connectivity index (χ1) is 20.6. The van der Waals surface area contributed by atoms with E-state index in [1.807, 2.05) is 21.1 Å². The van der Waals surface area contributed by atoms with Gasteiger partial charge in [0.1, 0.15) is 17.2 Å². The molecule has 0 saturated heterocycles. The fourth-order valence-electron chi connectivity index (χ4n) is 4.68. The molecular weight excluding hydrogens is 546 g/mol. The summed E-state index contributed by atoms with van der Waals surface area (Å²) < 4.78 is 22.4. The Kier molecular flexibility index (Phi) is 13.5. The molecule has 2 aromatic rings. The van der Waals surface area contributed by atoms with Crippen molar-refractivity contribution in [1.29, 1.82) is 0 Å². The molecule has 1 aliphatic rings. The van der Waals surface area contributed by atoms with Gasteiger partial charge in [-0.05, 0) is 79.8 Å². The Bertz CT molecular complexity index is 1240. The van der Waals surface area contributed by atoms with Gasteiger partial charge in [0.05, 0.1) is 39.9 Å². The van der Waals surface area contributed by atoms with E-state index >= 15 is 0 Å². The highest BCUT2D eigenvalue weighted by molar-refractivity contribution is 5.91. The number of carbonyl (C=O) groups is 3. The van der Waals surface area contributed by atoms with Gasteiger partial charge in [-0.25, -0.2) is 9.59 Å². The number of carbonyl (C=O) groups excluding carboxylic acids is 3. The average molecular weight is 593 g/mol. The summed E-state index contributed by atoms with van der Waals surface area (Å²) in [5.41, 5.74) is 1.58. The Hall–Kier alpha value is -3.91. The average Bonchev–Trinajstić information content (AvgIpc) is 2.97. The van der Waals surface area contributed by atoms with E-state index in [1.165, 1.54) is 12.5 Å². The van der Waals surface area contributed by atoms with E-state index in [9.17, 15) is 14.4 Å². The van der Waals surface area contributed by atoms with Crippen molar-refractivity contribution < 1.29 is 37.8 Å². The van der Waals surface area contributed by atoms with Crippen LogP contribution in [0, 0.1) is 0 Å². The van der Waals surface area contributed by atoms with E-state index < -0.39 is 11.9 Å². The lowest BCUT2D eigenvalue weighted by atomic mass is 9.98. The molecule has 43 heavy (non-hydrogen) atoms. The lowest BCUT2D eigenvalue weighted by molar-refractivity contribution is -0.887. The molecule has 3 rings (SSSR count). The van der Waals surface area contributed by atoms with Crippen molar-refractivity contribution in [2.24, 2.45) is 0 Å². The van der Waals surface area contributed by atoms with E-state index in [0.717, 1.165) is 57.1 Å². The number of rotatable bonds is 17. The second-order valence-corrected chi connectivity index (χ2v) is 11.7. The summed E-state index contributed by atoms with van der Waals surface area (Å²) in [4.78, 5) is 36.2. The van der Waals surface area contributed by atoms with Crippen LogP contribution >= 0.6 is 0 Å². The van der Waals surface area contributed by atoms with E-state index in [1.54, 1.807) is 48.5 Å². The maximum atomic E-state index is 12.8. The first-order valence-corrected chi connectivity index (χ1v) is 15.2. The second kappa shape index (κ2) is 17.3. The maximum Gasteiger partial charge on any atom is 0.365 e. The number of hydrogen-bond donors (Lipinski definition) is 0. The number of ether oxygens (including phenoxy) is 4. The minimum Gasteiger partial charge on any atom is -0.494 e. The summed E-state index contributed by atoms with van der Waals surface area (Å²) in [5.74, 6) is 0.473. The molecule has 0 N–H and O–H groups in total. The molecule has 0 fully saturated rings. The number of nitrogens with zero attached hydrogens (tertiary/aromatic N) is 1. The summed E-state index contributed by atoms with van der Waals surface area (Å²) in [7, 11) is 6.15. The highest BCUT2D eigenvalue weighted by atomic mass is 16.5. The number of unbranched alkanes of at least 4 members (excludes halogenated alkanes) is 5. The van der Waals surface area contributed by atoms with Gasteiger partial charge >= 0.3 is 17.9 Å². The number of likely N-dealkylation sites (N-methyl/N-ethyl adjacent to an activating group) is 1. The molecule has 1 atom stereocenters. The van der Waals surface area contributed by atoms with Crippen molar-refractivity contribution in [1.82, 2.24) is 0 Å². The Morgan fingerprint density at radius 2 is 1.33 bits per heavy atom. The number of quaternary nitrogens is 1. The predicted octanol–water partition coefficient (Wildman–Crippen LogP) is 6.84. The Balaban J connectivity index is 1.24. The summed E-state index contributed by atoms with van der Waals surface area (Å²) in [5, 5.41) is 0.